The van der Waals surface area contributed by atoms with Crippen molar-refractivity contribution in [2.24, 2.45) is 0 Å². The van der Waals surface area contributed by atoms with Crippen molar-refractivity contribution in [3.8, 4) is 11.5 Å². The van der Waals surface area contributed by atoms with Crippen LogP contribution in [0, 0.1) is 0 Å². The zero-order valence-electron chi connectivity index (χ0n) is 18.3. The number of rotatable bonds is 7. The molecule has 1 fully saturated rings. The van der Waals surface area contributed by atoms with Crippen LogP contribution in [0.15, 0.2) is 70.9 Å². The fourth-order valence-corrected chi connectivity index (χ4v) is 3.87. The SMILES string of the molecule is COc1ccc(/C(O)=C2/C(=O)C(=O)N(Cc3ccc(C(=O)O)cc3)C2c2ccco2)c(OC)c1. The van der Waals surface area contributed by atoms with E-state index < -0.39 is 29.5 Å². The number of carboxylic acid groups (broad SMARTS) is 1. The second-order valence-corrected chi connectivity index (χ2v) is 7.51. The first kappa shape index (κ1) is 22.7. The number of ether oxygens (including phenoxy) is 2. The quantitative estimate of drug-likeness (QED) is 0.309. The second-order valence-electron chi connectivity index (χ2n) is 7.51. The van der Waals surface area contributed by atoms with Gasteiger partial charge in [0.1, 0.15) is 29.1 Å². The minimum atomic E-state index is -1.07. The van der Waals surface area contributed by atoms with Crippen LogP contribution in [0.3, 0.4) is 0 Å². The van der Waals surface area contributed by atoms with Gasteiger partial charge in [0.25, 0.3) is 11.7 Å². The summed E-state index contributed by atoms with van der Waals surface area (Å²) in [5, 5.41) is 20.3. The molecule has 1 atom stereocenters. The van der Waals surface area contributed by atoms with Crippen LogP contribution in [0.4, 0.5) is 0 Å². The Morgan fingerprint density at radius 2 is 1.76 bits per heavy atom. The lowest BCUT2D eigenvalue weighted by Crippen LogP contribution is -2.29. The van der Waals surface area contributed by atoms with Gasteiger partial charge in [-0.05, 0) is 42.0 Å². The minimum absolute atomic E-state index is 0.00757. The molecule has 0 saturated carbocycles. The van der Waals surface area contributed by atoms with Gasteiger partial charge in [-0.15, -0.1) is 0 Å². The van der Waals surface area contributed by atoms with Crippen molar-refractivity contribution >= 4 is 23.4 Å². The molecular formula is C25H21NO8. The number of likely N-dealkylation sites (tertiary alicyclic amines) is 1. The van der Waals surface area contributed by atoms with E-state index in [-0.39, 0.29) is 34.8 Å². The Morgan fingerprint density at radius 1 is 1.03 bits per heavy atom. The van der Waals surface area contributed by atoms with Crippen LogP contribution in [0.1, 0.15) is 33.3 Å². The summed E-state index contributed by atoms with van der Waals surface area (Å²) in [6.07, 6.45) is 1.41. The van der Waals surface area contributed by atoms with Crippen molar-refractivity contribution in [3.63, 3.8) is 0 Å². The number of amides is 1. The molecule has 2 aromatic carbocycles. The third-order valence-electron chi connectivity index (χ3n) is 5.57. The van der Waals surface area contributed by atoms with Gasteiger partial charge in [0, 0.05) is 12.6 Å². The number of aromatic carboxylic acids is 1. The summed E-state index contributed by atoms with van der Waals surface area (Å²) in [6.45, 7) is -0.00757. The van der Waals surface area contributed by atoms with Gasteiger partial charge in [-0.1, -0.05) is 12.1 Å². The van der Waals surface area contributed by atoms with E-state index in [9.17, 15) is 19.5 Å². The van der Waals surface area contributed by atoms with Gasteiger partial charge >= 0.3 is 5.97 Å². The molecule has 1 aromatic heterocycles. The fourth-order valence-electron chi connectivity index (χ4n) is 3.87. The van der Waals surface area contributed by atoms with Crippen LogP contribution in [-0.4, -0.2) is 47.0 Å². The van der Waals surface area contributed by atoms with Crippen LogP contribution in [-0.2, 0) is 16.1 Å². The molecule has 0 aliphatic carbocycles. The van der Waals surface area contributed by atoms with E-state index in [0.717, 1.165) is 0 Å². The molecule has 9 nitrogen and oxygen atoms in total. The van der Waals surface area contributed by atoms with E-state index in [4.69, 9.17) is 19.0 Å². The number of carbonyl (C=O) groups is 3. The molecule has 1 unspecified atom stereocenters. The summed E-state index contributed by atoms with van der Waals surface area (Å²) < 4.78 is 16.1. The first-order chi connectivity index (χ1) is 16.3. The van der Waals surface area contributed by atoms with E-state index in [1.165, 1.54) is 43.6 Å². The molecule has 2 N–H and O–H groups in total. The molecule has 9 heteroatoms. The highest BCUT2D eigenvalue weighted by atomic mass is 16.5. The average Bonchev–Trinajstić information content (AvgIpc) is 3.46. The Morgan fingerprint density at radius 3 is 2.35 bits per heavy atom. The van der Waals surface area contributed by atoms with E-state index in [1.54, 1.807) is 36.4 Å². The molecule has 4 rings (SSSR count). The maximum absolute atomic E-state index is 13.1. The third kappa shape index (κ3) is 3.99. The van der Waals surface area contributed by atoms with E-state index in [2.05, 4.69) is 0 Å². The molecule has 1 aliphatic heterocycles. The van der Waals surface area contributed by atoms with Gasteiger partial charge in [-0.3, -0.25) is 9.59 Å². The highest BCUT2D eigenvalue weighted by Crippen LogP contribution is 2.42. The summed E-state index contributed by atoms with van der Waals surface area (Å²) in [7, 11) is 2.90. The summed E-state index contributed by atoms with van der Waals surface area (Å²) in [5.74, 6) is -2.15. The van der Waals surface area contributed by atoms with Crippen LogP contribution < -0.4 is 9.47 Å². The molecule has 3 aromatic rings. The molecule has 0 bridgehead atoms. The topological polar surface area (TPSA) is 127 Å². The summed E-state index contributed by atoms with van der Waals surface area (Å²) in [4.78, 5) is 38.5. The number of nitrogens with zero attached hydrogens (tertiary/aromatic N) is 1. The number of carbonyl (C=O) groups excluding carboxylic acids is 2. The van der Waals surface area contributed by atoms with Gasteiger partial charge in [0.15, 0.2) is 0 Å². The van der Waals surface area contributed by atoms with Gasteiger partial charge in [0.05, 0.1) is 37.2 Å². The largest absolute Gasteiger partial charge is 0.507 e. The molecule has 0 spiro atoms. The van der Waals surface area contributed by atoms with Crippen molar-refractivity contribution < 1.29 is 38.5 Å². The molecule has 2 heterocycles. The molecule has 1 amide bonds. The molecule has 34 heavy (non-hydrogen) atoms. The van der Waals surface area contributed by atoms with Crippen molar-refractivity contribution in [2.45, 2.75) is 12.6 Å². The van der Waals surface area contributed by atoms with Crippen molar-refractivity contribution in [1.82, 2.24) is 4.90 Å². The highest BCUT2D eigenvalue weighted by Gasteiger charge is 2.47. The normalized spacial score (nSPS) is 17.1. The number of hydrogen-bond acceptors (Lipinski definition) is 7. The summed E-state index contributed by atoms with van der Waals surface area (Å²) in [6, 6.07) is 12.9. The van der Waals surface area contributed by atoms with Crippen LogP contribution in [0.2, 0.25) is 0 Å². The zero-order chi connectivity index (χ0) is 24.4. The number of methoxy groups -OCH3 is 2. The first-order valence-corrected chi connectivity index (χ1v) is 10.2. The lowest BCUT2D eigenvalue weighted by molar-refractivity contribution is -0.140. The zero-order valence-corrected chi connectivity index (χ0v) is 18.3. The van der Waals surface area contributed by atoms with E-state index in [0.29, 0.717) is 11.3 Å². The van der Waals surface area contributed by atoms with Crippen molar-refractivity contribution in [1.29, 1.82) is 0 Å². The highest BCUT2D eigenvalue weighted by molar-refractivity contribution is 6.46. The predicted molar refractivity (Wildman–Crippen MR) is 120 cm³/mol. The Labute approximate surface area is 194 Å². The Kier molecular flexibility index (Phi) is 6.09. The maximum atomic E-state index is 13.1. The number of aliphatic hydroxyl groups excluding tert-OH is 1. The summed E-state index contributed by atoms with van der Waals surface area (Å²) >= 11 is 0. The molecular weight excluding hydrogens is 442 g/mol. The molecule has 174 valence electrons. The van der Waals surface area contributed by atoms with Crippen LogP contribution in [0.5, 0.6) is 11.5 Å². The van der Waals surface area contributed by atoms with E-state index >= 15 is 0 Å². The molecule has 0 radical (unpaired) electrons. The lowest BCUT2D eigenvalue weighted by atomic mass is 9.98. The Balaban J connectivity index is 1.81. The lowest BCUT2D eigenvalue weighted by Gasteiger charge is -2.23. The predicted octanol–water partition coefficient (Wildman–Crippen LogP) is 3.62. The number of furan rings is 1. The Bertz CT molecular complexity index is 1270. The third-order valence-corrected chi connectivity index (χ3v) is 5.57. The number of carboxylic acids is 1. The number of Topliss-reactive ketones (excluding diaryl/α,β-unsaturated/α-hetero) is 1. The van der Waals surface area contributed by atoms with E-state index in [1.807, 2.05) is 0 Å². The van der Waals surface area contributed by atoms with Gasteiger partial charge < -0.3 is 29.0 Å². The van der Waals surface area contributed by atoms with Gasteiger partial charge in [0.2, 0.25) is 0 Å². The molecule has 1 aliphatic rings. The number of benzene rings is 2. The Hall–Kier alpha value is -4.53. The fraction of sp³-hybridized carbons (Fsp3) is 0.160. The van der Waals surface area contributed by atoms with Crippen LogP contribution >= 0.6 is 0 Å². The number of aliphatic hydroxyl groups is 1. The second kappa shape index (κ2) is 9.14. The first-order valence-electron chi connectivity index (χ1n) is 10.2. The summed E-state index contributed by atoms with van der Waals surface area (Å²) in [5.41, 5.74) is 0.764. The average molecular weight is 463 g/mol. The number of ketones is 1. The monoisotopic (exact) mass is 463 g/mol. The smallest absolute Gasteiger partial charge is 0.335 e. The minimum Gasteiger partial charge on any atom is -0.507 e. The van der Waals surface area contributed by atoms with Gasteiger partial charge in [-0.2, -0.15) is 0 Å². The molecule has 1 saturated heterocycles. The maximum Gasteiger partial charge on any atom is 0.335 e. The number of hydrogen-bond donors (Lipinski definition) is 2. The standard InChI is InChI=1S/C25H21NO8/c1-32-16-9-10-17(19(12-16)33-2)22(27)20-21(18-4-3-11-34-18)26(24(29)23(20)28)13-14-5-7-15(8-6-14)25(30)31/h3-12,21,27H,13H2,1-2H3,(H,30,31)/b22-20-. The van der Waals surface area contributed by atoms with Crippen molar-refractivity contribution in [2.75, 3.05) is 14.2 Å². The van der Waals surface area contributed by atoms with Crippen molar-refractivity contribution in [3.05, 3.63) is 88.9 Å². The van der Waals surface area contributed by atoms with Crippen LogP contribution in [0.25, 0.3) is 5.76 Å². The van der Waals surface area contributed by atoms with Gasteiger partial charge in [-0.25, -0.2) is 4.79 Å².